The van der Waals surface area contributed by atoms with Crippen molar-refractivity contribution in [1.82, 2.24) is 0 Å². The summed E-state index contributed by atoms with van der Waals surface area (Å²) in [5.41, 5.74) is 6.85. The summed E-state index contributed by atoms with van der Waals surface area (Å²) in [5, 5.41) is 0. The first-order chi connectivity index (χ1) is 14.5. The minimum atomic E-state index is 0.150. The minimum absolute atomic E-state index is 0.150. The Bertz CT molecular complexity index is 1080. The molecule has 0 unspecified atom stereocenters. The van der Waals surface area contributed by atoms with Gasteiger partial charge in [-0.05, 0) is 64.4 Å². The fraction of sp³-hybridized carbons (Fsp3) is 0.267. The molecule has 0 spiro atoms. The molecule has 0 saturated heterocycles. The van der Waals surface area contributed by atoms with Gasteiger partial charge >= 0.3 is 0 Å². The summed E-state index contributed by atoms with van der Waals surface area (Å²) in [7, 11) is 0. The van der Waals surface area contributed by atoms with Crippen molar-refractivity contribution in [3.63, 3.8) is 0 Å². The summed E-state index contributed by atoms with van der Waals surface area (Å²) >= 11 is 3.59. The molecule has 1 heteroatoms. The van der Waals surface area contributed by atoms with E-state index < -0.39 is 0 Å². The average Bonchev–Trinajstić information content (AvgIpc) is 2.70. The van der Waals surface area contributed by atoms with E-state index in [0.717, 1.165) is 26.7 Å². The van der Waals surface area contributed by atoms with E-state index in [9.17, 15) is 0 Å². The van der Waals surface area contributed by atoms with Gasteiger partial charge < -0.3 is 0 Å². The summed E-state index contributed by atoms with van der Waals surface area (Å²) in [6.45, 7) is 13.3. The van der Waals surface area contributed by atoms with Crippen molar-refractivity contribution in [2.24, 2.45) is 0 Å². The summed E-state index contributed by atoms with van der Waals surface area (Å²) in [6.07, 6.45) is 0. The Balaban J connectivity index is 1.81. The SMILES string of the molecule is CC(C)(C)c1ccc(C#Cc2cc(Br)cc(C#Cc3ccc(C(C)(C)C)cc3)c2)cc1. The Morgan fingerprint density at radius 3 is 1.13 bits per heavy atom. The zero-order valence-electron chi connectivity index (χ0n) is 19.2. The molecule has 3 rings (SSSR count). The summed E-state index contributed by atoms with van der Waals surface area (Å²) in [5.74, 6) is 13.1. The quantitative estimate of drug-likeness (QED) is 0.294. The molecule has 0 aliphatic heterocycles. The van der Waals surface area contributed by atoms with Gasteiger partial charge in [-0.25, -0.2) is 0 Å². The molecule has 3 aromatic carbocycles. The third kappa shape index (κ3) is 6.62. The first-order valence-corrected chi connectivity index (χ1v) is 11.4. The van der Waals surface area contributed by atoms with Crippen molar-refractivity contribution < 1.29 is 0 Å². The smallest absolute Gasteiger partial charge is 0.0272 e. The molecule has 156 valence electrons. The molecule has 0 aliphatic carbocycles. The van der Waals surface area contributed by atoms with Crippen LogP contribution in [0.15, 0.2) is 71.2 Å². The lowest BCUT2D eigenvalue weighted by molar-refractivity contribution is 0.590. The van der Waals surface area contributed by atoms with Crippen LogP contribution in [0.3, 0.4) is 0 Å². The molecular formula is C30H29Br. The third-order valence-corrected chi connectivity index (χ3v) is 5.56. The van der Waals surface area contributed by atoms with Gasteiger partial charge in [-0.3, -0.25) is 0 Å². The summed E-state index contributed by atoms with van der Waals surface area (Å²) in [6, 6.07) is 23.1. The molecule has 0 fully saturated rings. The molecule has 0 aromatic heterocycles. The second-order valence-electron chi connectivity index (χ2n) is 9.88. The molecule has 0 N–H and O–H groups in total. The monoisotopic (exact) mass is 468 g/mol. The van der Waals surface area contributed by atoms with Crippen molar-refractivity contribution in [3.05, 3.63) is 105 Å². The molecule has 0 radical (unpaired) electrons. The van der Waals surface area contributed by atoms with Gasteiger partial charge in [0.15, 0.2) is 0 Å². The van der Waals surface area contributed by atoms with Crippen LogP contribution in [0.2, 0.25) is 0 Å². The van der Waals surface area contributed by atoms with Crippen molar-refractivity contribution in [2.45, 2.75) is 52.4 Å². The van der Waals surface area contributed by atoms with Gasteiger partial charge in [0.1, 0.15) is 0 Å². The van der Waals surface area contributed by atoms with Crippen LogP contribution in [-0.2, 0) is 10.8 Å². The van der Waals surface area contributed by atoms with E-state index >= 15 is 0 Å². The van der Waals surface area contributed by atoms with E-state index in [1.165, 1.54) is 11.1 Å². The lowest BCUT2D eigenvalue weighted by atomic mass is 9.87. The van der Waals surface area contributed by atoms with E-state index in [1.807, 2.05) is 18.2 Å². The van der Waals surface area contributed by atoms with Crippen molar-refractivity contribution in [1.29, 1.82) is 0 Å². The van der Waals surface area contributed by atoms with Crippen molar-refractivity contribution in [3.8, 4) is 23.7 Å². The minimum Gasteiger partial charge on any atom is -0.0617 e. The highest BCUT2D eigenvalue weighted by atomic mass is 79.9. The number of benzene rings is 3. The molecule has 0 amide bonds. The zero-order valence-corrected chi connectivity index (χ0v) is 20.8. The van der Waals surface area contributed by atoms with Crippen LogP contribution in [0.25, 0.3) is 0 Å². The Morgan fingerprint density at radius 1 is 0.484 bits per heavy atom. The highest BCUT2D eigenvalue weighted by molar-refractivity contribution is 9.10. The molecule has 0 heterocycles. The van der Waals surface area contributed by atoms with E-state index in [2.05, 4.69) is 130 Å². The van der Waals surface area contributed by atoms with Gasteiger partial charge in [0.2, 0.25) is 0 Å². The van der Waals surface area contributed by atoms with Gasteiger partial charge in [0.05, 0.1) is 0 Å². The van der Waals surface area contributed by atoms with E-state index in [4.69, 9.17) is 0 Å². The van der Waals surface area contributed by atoms with Gasteiger partial charge in [-0.15, -0.1) is 0 Å². The van der Waals surface area contributed by atoms with Crippen LogP contribution >= 0.6 is 15.9 Å². The van der Waals surface area contributed by atoms with Crippen LogP contribution in [0, 0.1) is 23.7 Å². The number of halogens is 1. The van der Waals surface area contributed by atoms with Crippen LogP contribution < -0.4 is 0 Å². The lowest BCUT2D eigenvalue weighted by Crippen LogP contribution is -2.10. The molecule has 0 bridgehead atoms. The van der Waals surface area contributed by atoms with Crippen molar-refractivity contribution in [2.75, 3.05) is 0 Å². The fourth-order valence-corrected chi connectivity index (χ4v) is 3.62. The number of hydrogen-bond donors (Lipinski definition) is 0. The maximum Gasteiger partial charge on any atom is 0.0272 e. The van der Waals surface area contributed by atoms with Gasteiger partial charge in [0, 0.05) is 26.7 Å². The summed E-state index contributed by atoms with van der Waals surface area (Å²) in [4.78, 5) is 0. The van der Waals surface area contributed by atoms with E-state index in [1.54, 1.807) is 0 Å². The van der Waals surface area contributed by atoms with Gasteiger partial charge in [-0.1, -0.05) is 105 Å². The molecule has 31 heavy (non-hydrogen) atoms. The van der Waals surface area contributed by atoms with Crippen LogP contribution in [0.1, 0.15) is 74.9 Å². The molecule has 0 atom stereocenters. The first-order valence-electron chi connectivity index (χ1n) is 10.6. The number of hydrogen-bond acceptors (Lipinski definition) is 0. The van der Waals surface area contributed by atoms with Gasteiger partial charge in [0.25, 0.3) is 0 Å². The van der Waals surface area contributed by atoms with Crippen LogP contribution in [0.4, 0.5) is 0 Å². The Morgan fingerprint density at radius 2 is 0.806 bits per heavy atom. The Kier molecular flexibility index (Phi) is 6.79. The van der Waals surface area contributed by atoms with E-state index in [0.29, 0.717) is 0 Å². The lowest BCUT2D eigenvalue weighted by Gasteiger charge is -2.18. The van der Waals surface area contributed by atoms with Gasteiger partial charge in [-0.2, -0.15) is 0 Å². The Hall–Kier alpha value is -2.74. The molecule has 0 nitrogen and oxygen atoms in total. The second kappa shape index (κ2) is 9.18. The summed E-state index contributed by atoms with van der Waals surface area (Å²) < 4.78 is 0.981. The maximum absolute atomic E-state index is 3.59. The van der Waals surface area contributed by atoms with Crippen molar-refractivity contribution >= 4 is 15.9 Å². The highest BCUT2D eigenvalue weighted by Crippen LogP contribution is 2.23. The average molecular weight is 469 g/mol. The topological polar surface area (TPSA) is 0 Å². The molecule has 0 aliphatic rings. The van der Waals surface area contributed by atoms with Crippen LogP contribution in [-0.4, -0.2) is 0 Å². The fourth-order valence-electron chi connectivity index (χ4n) is 3.13. The zero-order chi connectivity index (χ0) is 22.6. The second-order valence-corrected chi connectivity index (χ2v) is 10.8. The van der Waals surface area contributed by atoms with E-state index in [-0.39, 0.29) is 10.8 Å². The highest BCUT2D eigenvalue weighted by Gasteiger charge is 2.13. The van der Waals surface area contributed by atoms with Crippen LogP contribution in [0.5, 0.6) is 0 Å². The predicted octanol–water partition coefficient (Wildman–Crippen LogP) is 7.84. The first kappa shape index (κ1) is 22.9. The predicted molar refractivity (Wildman–Crippen MR) is 136 cm³/mol. The Labute approximate surface area is 196 Å². The largest absolute Gasteiger partial charge is 0.0617 e. The number of rotatable bonds is 0. The molecule has 3 aromatic rings. The standard InChI is InChI=1S/C30H29Br/c1-29(2,3)26-15-11-22(12-16-26)7-9-24-19-25(21-28(31)20-24)10-8-23-13-17-27(18-14-23)30(4,5)6/h11-21H,1-6H3. The molecular weight excluding hydrogens is 440 g/mol. The third-order valence-electron chi connectivity index (χ3n) is 5.10. The maximum atomic E-state index is 3.59. The normalized spacial score (nSPS) is 11.2. The molecule has 0 saturated carbocycles.